The summed E-state index contributed by atoms with van der Waals surface area (Å²) >= 11 is 0. The lowest BCUT2D eigenvalue weighted by Gasteiger charge is -2.17. The molecule has 11 rings (SSSR count). The molecule has 9 aromatic carbocycles. The number of benzene rings is 9. The van der Waals surface area contributed by atoms with E-state index in [-0.39, 0.29) is 0 Å². The number of hydrogen-bond acceptors (Lipinski definition) is 3. The minimum atomic E-state index is 0.635. The Morgan fingerprint density at radius 1 is 0.291 bits per heavy atom. The predicted molar refractivity (Wildman–Crippen MR) is 228 cm³/mol. The molecule has 0 radical (unpaired) electrons. The van der Waals surface area contributed by atoms with E-state index in [9.17, 15) is 0 Å². The Kier molecular flexibility index (Phi) is 7.14. The number of nitrogens with zero attached hydrogens (tertiary/aromatic N) is 4. The zero-order valence-corrected chi connectivity index (χ0v) is 29.8. The predicted octanol–water partition coefficient (Wildman–Crippen LogP) is 13.1. The van der Waals surface area contributed by atoms with Crippen molar-refractivity contribution >= 4 is 54.1 Å². The van der Waals surface area contributed by atoms with Gasteiger partial charge in [-0.05, 0) is 74.5 Å². The quantitative estimate of drug-likeness (QED) is 0.179. The average molecular weight is 701 g/mol. The summed E-state index contributed by atoms with van der Waals surface area (Å²) in [4.78, 5) is 15.3. The van der Waals surface area contributed by atoms with Crippen LogP contribution < -0.4 is 0 Å². The van der Waals surface area contributed by atoms with Crippen molar-refractivity contribution in [2.24, 2.45) is 0 Å². The molecular formula is C51H32N4. The second kappa shape index (κ2) is 12.6. The van der Waals surface area contributed by atoms with Gasteiger partial charge in [0.2, 0.25) is 0 Å². The van der Waals surface area contributed by atoms with Crippen LogP contribution in [0, 0.1) is 0 Å². The number of fused-ring (bicyclic) bond motifs is 6. The van der Waals surface area contributed by atoms with Crippen LogP contribution >= 0.6 is 0 Å². The molecule has 2 heterocycles. The summed E-state index contributed by atoms with van der Waals surface area (Å²) in [5.41, 5.74) is 8.62. The molecule has 256 valence electrons. The molecule has 0 saturated carbocycles. The van der Waals surface area contributed by atoms with E-state index in [4.69, 9.17) is 15.0 Å². The molecule has 2 aromatic heterocycles. The van der Waals surface area contributed by atoms with Crippen LogP contribution in [0.2, 0.25) is 0 Å². The molecular weight excluding hydrogens is 669 g/mol. The summed E-state index contributed by atoms with van der Waals surface area (Å²) in [7, 11) is 0. The maximum absolute atomic E-state index is 5.17. The molecule has 0 saturated heterocycles. The van der Waals surface area contributed by atoms with Crippen LogP contribution in [0.4, 0.5) is 0 Å². The van der Waals surface area contributed by atoms with Crippen LogP contribution in [0.15, 0.2) is 194 Å². The molecule has 55 heavy (non-hydrogen) atoms. The van der Waals surface area contributed by atoms with Crippen molar-refractivity contribution in [3.8, 4) is 51.0 Å². The lowest BCUT2D eigenvalue weighted by molar-refractivity contribution is 1.08. The first kappa shape index (κ1) is 31.1. The van der Waals surface area contributed by atoms with Gasteiger partial charge in [0.05, 0.1) is 16.7 Å². The maximum atomic E-state index is 5.17. The number of rotatable bonds is 5. The van der Waals surface area contributed by atoms with Gasteiger partial charge < -0.3 is 4.57 Å². The lowest BCUT2D eigenvalue weighted by Crippen LogP contribution is -2.02. The Labute approximate surface area is 317 Å². The minimum Gasteiger partial charge on any atom is -0.309 e. The van der Waals surface area contributed by atoms with Crippen molar-refractivity contribution in [2.45, 2.75) is 0 Å². The Hall–Kier alpha value is -7.43. The van der Waals surface area contributed by atoms with E-state index in [0.29, 0.717) is 17.5 Å². The second-order valence-electron chi connectivity index (χ2n) is 14.0. The zero-order chi connectivity index (χ0) is 36.3. The second-order valence-corrected chi connectivity index (χ2v) is 14.0. The highest BCUT2D eigenvalue weighted by atomic mass is 15.0. The Bertz CT molecular complexity index is 3190. The molecule has 0 aliphatic heterocycles. The number of aromatic nitrogens is 4. The molecule has 0 N–H and O–H groups in total. The van der Waals surface area contributed by atoms with E-state index in [1.807, 2.05) is 36.4 Å². The largest absolute Gasteiger partial charge is 0.309 e. The van der Waals surface area contributed by atoms with Crippen molar-refractivity contribution < 1.29 is 0 Å². The summed E-state index contributed by atoms with van der Waals surface area (Å²) in [5, 5.41) is 9.52. The third-order valence-electron chi connectivity index (χ3n) is 10.8. The van der Waals surface area contributed by atoms with Crippen molar-refractivity contribution in [1.82, 2.24) is 19.5 Å². The Morgan fingerprint density at radius 2 is 0.891 bits per heavy atom. The van der Waals surface area contributed by atoms with Gasteiger partial charge in [0.15, 0.2) is 17.5 Å². The van der Waals surface area contributed by atoms with E-state index in [1.165, 1.54) is 43.4 Å². The van der Waals surface area contributed by atoms with E-state index in [1.54, 1.807) is 0 Å². The molecule has 11 aromatic rings. The molecule has 0 aliphatic carbocycles. The summed E-state index contributed by atoms with van der Waals surface area (Å²) in [5.74, 6) is 1.92. The van der Waals surface area contributed by atoms with E-state index in [0.717, 1.165) is 44.2 Å². The van der Waals surface area contributed by atoms with Crippen LogP contribution in [-0.2, 0) is 0 Å². The average Bonchev–Trinajstić information content (AvgIpc) is 3.58. The van der Waals surface area contributed by atoms with Gasteiger partial charge in [0.25, 0.3) is 0 Å². The van der Waals surface area contributed by atoms with Crippen LogP contribution in [-0.4, -0.2) is 19.5 Å². The molecule has 0 spiro atoms. The first-order valence-corrected chi connectivity index (χ1v) is 18.6. The van der Waals surface area contributed by atoms with Gasteiger partial charge in [0.1, 0.15) is 0 Å². The van der Waals surface area contributed by atoms with E-state index >= 15 is 0 Å². The molecule has 0 bridgehead atoms. The van der Waals surface area contributed by atoms with Gasteiger partial charge in [-0.3, -0.25) is 0 Å². The zero-order valence-electron chi connectivity index (χ0n) is 29.8. The van der Waals surface area contributed by atoms with Crippen molar-refractivity contribution in [2.75, 3.05) is 0 Å². The number of para-hydroxylation sites is 1. The van der Waals surface area contributed by atoms with Gasteiger partial charge in [-0.15, -0.1) is 0 Å². The summed E-state index contributed by atoms with van der Waals surface area (Å²) in [6.07, 6.45) is 0. The first-order valence-electron chi connectivity index (χ1n) is 18.6. The highest BCUT2D eigenvalue weighted by Gasteiger charge is 2.20. The molecule has 0 aliphatic rings. The molecule has 4 nitrogen and oxygen atoms in total. The van der Waals surface area contributed by atoms with Gasteiger partial charge in [-0.2, -0.15) is 0 Å². The molecule has 0 unspecified atom stereocenters. The monoisotopic (exact) mass is 700 g/mol. The van der Waals surface area contributed by atoms with E-state index < -0.39 is 0 Å². The van der Waals surface area contributed by atoms with Crippen molar-refractivity contribution in [3.05, 3.63) is 194 Å². The van der Waals surface area contributed by atoms with Crippen LogP contribution in [0.1, 0.15) is 0 Å². The fourth-order valence-electron chi connectivity index (χ4n) is 8.21. The first-order chi connectivity index (χ1) is 27.3. The Balaban J connectivity index is 1.23. The SMILES string of the molecule is c1ccc(-c2nc(-c3ccccc3)nc(-c3ccc(-n4c5ccccc5c5cc6ccccc6cc54)c4cc(-c5cccc6ccccc56)ccc34)n2)cc1. The van der Waals surface area contributed by atoms with Crippen LogP contribution in [0.5, 0.6) is 0 Å². The smallest absolute Gasteiger partial charge is 0.164 e. The number of hydrogen-bond donors (Lipinski definition) is 0. The topological polar surface area (TPSA) is 43.6 Å². The van der Waals surface area contributed by atoms with Crippen molar-refractivity contribution in [3.63, 3.8) is 0 Å². The molecule has 0 fully saturated rings. The fourth-order valence-corrected chi connectivity index (χ4v) is 8.21. The third kappa shape index (κ3) is 5.19. The van der Waals surface area contributed by atoms with Gasteiger partial charge in [-0.25, -0.2) is 15.0 Å². The van der Waals surface area contributed by atoms with Gasteiger partial charge in [-0.1, -0.05) is 158 Å². The molecule has 0 atom stereocenters. The van der Waals surface area contributed by atoms with Crippen molar-refractivity contribution in [1.29, 1.82) is 0 Å². The maximum Gasteiger partial charge on any atom is 0.164 e. The highest BCUT2D eigenvalue weighted by molar-refractivity contribution is 6.15. The summed E-state index contributed by atoms with van der Waals surface area (Å²) in [6, 6.07) is 68.8. The Morgan fingerprint density at radius 3 is 1.64 bits per heavy atom. The van der Waals surface area contributed by atoms with E-state index in [2.05, 4.69) is 162 Å². The fraction of sp³-hybridized carbons (Fsp3) is 0. The summed E-state index contributed by atoms with van der Waals surface area (Å²) in [6.45, 7) is 0. The van der Waals surface area contributed by atoms with Crippen LogP contribution in [0.25, 0.3) is 105 Å². The highest BCUT2D eigenvalue weighted by Crippen LogP contribution is 2.41. The summed E-state index contributed by atoms with van der Waals surface area (Å²) < 4.78 is 2.44. The standard InChI is InChI=1S/C51H32N4/c1-3-15-34(16-4-1)49-52-50(35-17-5-2-6-18-35)54-51(53-49)43-28-29-47(44-31-38(26-27-41(43)44)40-24-13-21-33-14-9-10-22-39(33)40)55-46-25-12-11-23-42(46)45-30-36-19-7-8-20-37(36)32-48(45)55/h1-32H. The van der Waals surface area contributed by atoms with Gasteiger partial charge in [0, 0.05) is 32.8 Å². The molecule has 0 amide bonds. The third-order valence-corrected chi connectivity index (χ3v) is 10.8. The lowest BCUT2D eigenvalue weighted by atomic mass is 9.94. The van der Waals surface area contributed by atoms with Crippen LogP contribution in [0.3, 0.4) is 0 Å². The normalized spacial score (nSPS) is 11.6. The minimum absolute atomic E-state index is 0.635. The van der Waals surface area contributed by atoms with Gasteiger partial charge >= 0.3 is 0 Å². The molecule has 4 heteroatoms.